The van der Waals surface area contributed by atoms with Gasteiger partial charge in [-0.25, -0.2) is 4.68 Å². The second kappa shape index (κ2) is 5.16. The van der Waals surface area contributed by atoms with Crippen molar-refractivity contribution in [2.45, 2.75) is 0 Å². The van der Waals surface area contributed by atoms with Gasteiger partial charge < -0.3 is 4.74 Å². The van der Waals surface area contributed by atoms with E-state index in [0.29, 0.717) is 11.6 Å². The minimum Gasteiger partial charge on any atom is -0.437 e. The number of aromatic nitrogens is 5. The van der Waals surface area contributed by atoms with Crippen LogP contribution in [0.2, 0.25) is 0 Å². The summed E-state index contributed by atoms with van der Waals surface area (Å²) < 4.78 is 7.19. The van der Waals surface area contributed by atoms with Gasteiger partial charge in [-0.05, 0) is 18.2 Å². The fourth-order valence-corrected chi connectivity index (χ4v) is 1.59. The fraction of sp³-hybridized carbons (Fsp3) is 0. The molecule has 7 nitrogen and oxygen atoms in total. The first-order valence-corrected chi connectivity index (χ1v) is 5.73. The summed E-state index contributed by atoms with van der Waals surface area (Å²) in [6.07, 6.45) is 3.33. The Morgan fingerprint density at radius 3 is 2.80 bits per heavy atom. The summed E-state index contributed by atoms with van der Waals surface area (Å²) >= 11 is 0. The molecule has 20 heavy (non-hydrogen) atoms. The Morgan fingerprint density at radius 1 is 1.15 bits per heavy atom. The molecule has 0 unspecified atom stereocenters. The molecule has 0 spiro atoms. The molecule has 96 valence electrons. The highest BCUT2D eigenvalue weighted by atomic mass is 16.5. The van der Waals surface area contributed by atoms with Crippen LogP contribution in [0, 0.1) is 11.3 Å². The van der Waals surface area contributed by atoms with Crippen LogP contribution in [0.1, 0.15) is 5.69 Å². The van der Waals surface area contributed by atoms with Crippen LogP contribution in [0.3, 0.4) is 0 Å². The van der Waals surface area contributed by atoms with Crippen LogP contribution >= 0.6 is 0 Å². The average Bonchev–Trinajstić information content (AvgIpc) is 3.03. The predicted octanol–water partition coefficient (Wildman–Crippen LogP) is 1.72. The highest BCUT2D eigenvalue weighted by Crippen LogP contribution is 2.21. The zero-order valence-corrected chi connectivity index (χ0v) is 10.2. The second-order valence-corrected chi connectivity index (χ2v) is 3.82. The molecule has 7 heteroatoms. The highest BCUT2D eigenvalue weighted by Gasteiger charge is 2.03. The molecule has 3 rings (SSSR count). The van der Waals surface area contributed by atoms with Gasteiger partial charge in [0.05, 0.1) is 18.1 Å². The number of ether oxygens (including phenoxy) is 1. The molecule has 0 amide bonds. The number of hydrogen-bond donors (Lipinski definition) is 0. The van der Waals surface area contributed by atoms with Gasteiger partial charge in [-0.2, -0.15) is 5.26 Å². The van der Waals surface area contributed by atoms with Crippen LogP contribution in [0.4, 0.5) is 0 Å². The quantitative estimate of drug-likeness (QED) is 0.715. The summed E-state index contributed by atoms with van der Waals surface area (Å²) in [6.45, 7) is 0. The second-order valence-electron chi connectivity index (χ2n) is 3.82. The molecular formula is C13H8N6O. The van der Waals surface area contributed by atoms with E-state index in [4.69, 9.17) is 10.00 Å². The van der Waals surface area contributed by atoms with E-state index in [1.54, 1.807) is 41.3 Å². The normalized spacial score (nSPS) is 9.95. The third-order valence-electron chi connectivity index (χ3n) is 2.48. The lowest BCUT2D eigenvalue weighted by molar-refractivity contribution is 0.454. The fourth-order valence-electron chi connectivity index (χ4n) is 1.59. The maximum atomic E-state index is 8.65. The van der Waals surface area contributed by atoms with Crippen molar-refractivity contribution < 1.29 is 4.74 Å². The van der Waals surface area contributed by atoms with Crippen molar-refractivity contribution >= 4 is 0 Å². The van der Waals surface area contributed by atoms with Crippen LogP contribution in [0.25, 0.3) is 5.69 Å². The van der Waals surface area contributed by atoms with Crippen molar-refractivity contribution in [3.05, 3.63) is 54.5 Å². The van der Waals surface area contributed by atoms with Crippen molar-refractivity contribution in [1.82, 2.24) is 25.2 Å². The minimum atomic E-state index is 0.244. The number of nitriles is 1. The lowest BCUT2D eigenvalue weighted by Crippen LogP contribution is -1.96. The molecule has 0 aliphatic carbocycles. The third-order valence-corrected chi connectivity index (χ3v) is 2.48. The van der Waals surface area contributed by atoms with Gasteiger partial charge in [0, 0.05) is 12.1 Å². The molecule has 2 aromatic heterocycles. The first-order chi connectivity index (χ1) is 9.85. The molecule has 3 aromatic rings. The Balaban J connectivity index is 1.84. The lowest BCUT2D eigenvalue weighted by Gasteiger charge is -2.06. The summed E-state index contributed by atoms with van der Waals surface area (Å²) in [5, 5.41) is 23.8. The molecule has 0 aliphatic rings. The van der Waals surface area contributed by atoms with Gasteiger partial charge in [-0.3, -0.25) is 0 Å². The zero-order chi connectivity index (χ0) is 13.8. The minimum absolute atomic E-state index is 0.244. The number of rotatable bonds is 3. The Hall–Kier alpha value is -3.27. The summed E-state index contributed by atoms with van der Waals surface area (Å²) in [6, 6.07) is 12.3. The van der Waals surface area contributed by atoms with Crippen molar-refractivity contribution in [3.63, 3.8) is 0 Å². The highest BCUT2D eigenvalue weighted by molar-refractivity contribution is 5.39. The van der Waals surface area contributed by atoms with Gasteiger partial charge in [0.25, 0.3) is 0 Å². The van der Waals surface area contributed by atoms with E-state index < -0.39 is 0 Å². The number of benzene rings is 1. The molecule has 0 saturated carbocycles. The van der Waals surface area contributed by atoms with E-state index in [0.717, 1.165) is 5.69 Å². The summed E-state index contributed by atoms with van der Waals surface area (Å²) in [5.74, 6) is 0.914. The van der Waals surface area contributed by atoms with Crippen LogP contribution < -0.4 is 4.74 Å². The van der Waals surface area contributed by atoms with Gasteiger partial charge >= 0.3 is 0 Å². The smallest absolute Gasteiger partial charge is 0.238 e. The Bertz CT molecular complexity index is 745. The van der Waals surface area contributed by atoms with Crippen LogP contribution in [0.15, 0.2) is 48.8 Å². The zero-order valence-electron chi connectivity index (χ0n) is 10.2. The molecule has 0 N–H and O–H groups in total. The molecule has 2 heterocycles. The monoisotopic (exact) mass is 264 g/mol. The predicted molar refractivity (Wildman–Crippen MR) is 68.2 cm³/mol. The molecule has 0 atom stereocenters. The van der Waals surface area contributed by atoms with E-state index in [1.165, 1.54) is 0 Å². The largest absolute Gasteiger partial charge is 0.437 e. The van der Waals surface area contributed by atoms with Crippen molar-refractivity contribution in [2.24, 2.45) is 0 Å². The van der Waals surface area contributed by atoms with Gasteiger partial charge in [-0.15, -0.1) is 15.3 Å². The van der Waals surface area contributed by atoms with Gasteiger partial charge in [0.15, 0.2) is 5.69 Å². The van der Waals surface area contributed by atoms with Crippen LogP contribution in [-0.4, -0.2) is 25.2 Å². The lowest BCUT2D eigenvalue weighted by atomic mass is 10.3. The average molecular weight is 264 g/mol. The molecule has 0 saturated heterocycles. The third kappa shape index (κ3) is 2.44. The van der Waals surface area contributed by atoms with E-state index in [-0.39, 0.29) is 5.69 Å². The molecule has 0 bridgehead atoms. The van der Waals surface area contributed by atoms with Gasteiger partial charge in [0.1, 0.15) is 11.8 Å². The number of hydrogen-bond acceptors (Lipinski definition) is 6. The van der Waals surface area contributed by atoms with Crippen LogP contribution in [-0.2, 0) is 0 Å². The molecule has 0 fully saturated rings. The van der Waals surface area contributed by atoms with Gasteiger partial charge in [0.2, 0.25) is 5.88 Å². The van der Waals surface area contributed by atoms with E-state index in [2.05, 4.69) is 20.5 Å². The standard InChI is InChI=1S/C13H8N6O/c14-9-10-4-5-13(17-16-10)20-12-3-1-2-11(8-12)19-7-6-15-18-19/h1-8H. The van der Waals surface area contributed by atoms with E-state index in [9.17, 15) is 0 Å². The molecule has 0 aliphatic heterocycles. The molecular weight excluding hydrogens is 256 g/mol. The maximum Gasteiger partial charge on any atom is 0.238 e. The van der Waals surface area contributed by atoms with Crippen molar-refractivity contribution in [1.29, 1.82) is 5.26 Å². The Kier molecular flexibility index (Phi) is 3.04. The molecule has 1 aromatic carbocycles. The van der Waals surface area contributed by atoms with Crippen molar-refractivity contribution in [2.75, 3.05) is 0 Å². The summed E-state index contributed by atoms with van der Waals surface area (Å²) in [4.78, 5) is 0. The van der Waals surface area contributed by atoms with Crippen LogP contribution in [0.5, 0.6) is 11.6 Å². The first kappa shape index (κ1) is 11.8. The van der Waals surface area contributed by atoms with E-state index >= 15 is 0 Å². The van der Waals surface area contributed by atoms with Gasteiger partial charge in [-0.1, -0.05) is 11.3 Å². The Morgan fingerprint density at radius 2 is 2.10 bits per heavy atom. The van der Waals surface area contributed by atoms with Crippen molar-refractivity contribution in [3.8, 4) is 23.4 Å². The topological polar surface area (TPSA) is 89.5 Å². The Labute approximate surface area is 114 Å². The summed E-state index contributed by atoms with van der Waals surface area (Å²) in [5.41, 5.74) is 1.07. The molecule has 0 radical (unpaired) electrons. The number of nitrogens with zero attached hydrogens (tertiary/aromatic N) is 6. The maximum absolute atomic E-state index is 8.65. The first-order valence-electron chi connectivity index (χ1n) is 5.73. The SMILES string of the molecule is N#Cc1ccc(Oc2cccc(-n3ccnn3)c2)nn1. The summed E-state index contributed by atoms with van der Waals surface area (Å²) in [7, 11) is 0. The van der Waals surface area contributed by atoms with E-state index in [1.807, 2.05) is 18.2 Å².